The van der Waals surface area contributed by atoms with Gasteiger partial charge in [-0.2, -0.15) is 10.2 Å². The number of aromatic amines is 1. The monoisotopic (exact) mass is 494 g/mol. The van der Waals surface area contributed by atoms with Crippen molar-refractivity contribution in [2.45, 2.75) is 39.3 Å². The fourth-order valence-corrected chi connectivity index (χ4v) is 5.02. The zero-order valence-electron chi connectivity index (χ0n) is 19.4. The Bertz CT molecular complexity index is 1390. The van der Waals surface area contributed by atoms with Crippen LogP contribution in [0.5, 0.6) is 0 Å². The molecule has 2 amide bonds. The van der Waals surface area contributed by atoms with Crippen LogP contribution in [0.3, 0.4) is 0 Å². The molecule has 0 unspecified atom stereocenters. The molecule has 182 valence electrons. The minimum Gasteiger partial charge on any atom is -0.394 e. The van der Waals surface area contributed by atoms with Crippen molar-refractivity contribution in [3.05, 3.63) is 46.7 Å². The molecule has 5 rings (SSSR count). The quantitative estimate of drug-likeness (QED) is 0.310. The number of hydrogen-bond donors (Lipinski definition) is 4. The van der Waals surface area contributed by atoms with Gasteiger partial charge in [-0.1, -0.05) is 17.4 Å². The molecule has 1 atom stereocenters. The predicted molar refractivity (Wildman–Crippen MR) is 133 cm³/mol. The summed E-state index contributed by atoms with van der Waals surface area (Å²) in [6.07, 6.45) is 6.73. The number of fused-ring (bicyclic) bond motifs is 1. The van der Waals surface area contributed by atoms with Crippen molar-refractivity contribution in [3.63, 3.8) is 0 Å². The van der Waals surface area contributed by atoms with Crippen molar-refractivity contribution in [2.24, 2.45) is 0 Å². The summed E-state index contributed by atoms with van der Waals surface area (Å²) >= 11 is 1.21. The van der Waals surface area contributed by atoms with Crippen molar-refractivity contribution in [1.29, 1.82) is 0 Å². The van der Waals surface area contributed by atoms with Crippen LogP contribution in [0.2, 0.25) is 0 Å². The van der Waals surface area contributed by atoms with E-state index in [1.165, 1.54) is 17.5 Å². The van der Waals surface area contributed by atoms with Gasteiger partial charge in [0.1, 0.15) is 11.4 Å². The second-order valence-corrected chi connectivity index (χ2v) is 9.65. The molecule has 11 nitrogen and oxygen atoms in total. The van der Waals surface area contributed by atoms with Gasteiger partial charge in [-0.05, 0) is 38.3 Å². The molecule has 4 N–H and O–H groups in total. The molecule has 4 heterocycles. The molecular weight excluding hydrogens is 468 g/mol. The number of likely N-dealkylation sites (tertiary alicyclic amines) is 1. The van der Waals surface area contributed by atoms with Gasteiger partial charge in [0, 0.05) is 23.7 Å². The van der Waals surface area contributed by atoms with Gasteiger partial charge in [-0.25, -0.2) is 4.98 Å². The van der Waals surface area contributed by atoms with Gasteiger partial charge in [-0.3, -0.25) is 19.4 Å². The molecule has 1 aromatic carbocycles. The summed E-state index contributed by atoms with van der Waals surface area (Å²) in [7, 11) is 0. The first-order valence-electron chi connectivity index (χ1n) is 11.3. The average molecular weight is 495 g/mol. The summed E-state index contributed by atoms with van der Waals surface area (Å²) in [5.74, 6) is 0.245. The van der Waals surface area contributed by atoms with E-state index in [2.05, 4.69) is 30.9 Å². The maximum absolute atomic E-state index is 12.9. The molecule has 1 saturated heterocycles. The van der Waals surface area contributed by atoms with Gasteiger partial charge in [0.25, 0.3) is 5.91 Å². The van der Waals surface area contributed by atoms with Crippen LogP contribution in [-0.2, 0) is 11.3 Å². The Kier molecular flexibility index (Phi) is 6.22. The van der Waals surface area contributed by atoms with Crippen LogP contribution in [0.1, 0.15) is 33.6 Å². The van der Waals surface area contributed by atoms with E-state index < -0.39 is 0 Å². The summed E-state index contributed by atoms with van der Waals surface area (Å²) in [5, 5.41) is 28.4. The van der Waals surface area contributed by atoms with Gasteiger partial charge in [0.15, 0.2) is 10.9 Å². The van der Waals surface area contributed by atoms with Crippen molar-refractivity contribution >= 4 is 50.7 Å². The Morgan fingerprint density at radius 2 is 2.11 bits per heavy atom. The highest BCUT2D eigenvalue weighted by molar-refractivity contribution is 7.17. The van der Waals surface area contributed by atoms with Crippen LogP contribution in [0, 0.1) is 13.8 Å². The van der Waals surface area contributed by atoms with E-state index in [9.17, 15) is 14.7 Å². The average Bonchev–Trinajstić information content (AvgIpc) is 3.63. The first kappa shape index (κ1) is 23.0. The van der Waals surface area contributed by atoms with Crippen molar-refractivity contribution < 1.29 is 14.7 Å². The Labute approximate surface area is 205 Å². The highest BCUT2D eigenvalue weighted by atomic mass is 32.1. The molecule has 0 spiro atoms. The van der Waals surface area contributed by atoms with E-state index in [1.54, 1.807) is 22.0 Å². The van der Waals surface area contributed by atoms with Gasteiger partial charge in [0.05, 0.1) is 36.2 Å². The Morgan fingerprint density at radius 3 is 2.94 bits per heavy atom. The maximum atomic E-state index is 12.9. The molecule has 0 radical (unpaired) electrons. The summed E-state index contributed by atoms with van der Waals surface area (Å²) in [4.78, 5) is 32.0. The number of H-pyrrole nitrogens is 1. The number of aryl methyl sites for hydroxylation is 2. The number of rotatable bonds is 7. The number of amides is 2. The Balaban J connectivity index is 1.25. The second kappa shape index (κ2) is 9.47. The Hall–Kier alpha value is -3.77. The third-order valence-electron chi connectivity index (χ3n) is 6.18. The van der Waals surface area contributed by atoms with Crippen LogP contribution in [0.15, 0.2) is 30.7 Å². The molecule has 12 heteroatoms. The van der Waals surface area contributed by atoms with Crippen LogP contribution in [-0.4, -0.2) is 66.0 Å². The zero-order chi connectivity index (χ0) is 24.5. The van der Waals surface area contributed by atoms with Crippen LogP contribution in [0.4, 0.5) is 16.6 Å². The second-order valence-electron chi connectivity index (χ2n) is 8.62. The number of hydrogen-bond acceptors (Lipinski definition) is 8. The van der Waals surface area contributed by atoms with E-state index in [-0.39, 0.29) is 31.0 Å². The lowest BCUT2D eigenvalue weighted by atomic mass is 10.1. The summed E-state index contributed by atoms with van der Waals surface area (Å²) in [5.41, 5.74) is 3.34. The standard InChI is InChI=1S/C23H26N8O3S/c1-13-5-6-17-16(8-25-28-17)20(13)26-22(34)18-9-24-23(35-18)27-21-14(2)10-30(29-21)11-19(33)31-7-3-4-15(31)12-32/h5-6,8-10,15,32H,3-4,7,11-12H2,1-2H3,(H,25,28)(H,26,34)(H,24,27,29)/t15-/m0/s1. The van der Waals surface area contributed by atoms with E-state index in [0.717, 1.165) is 34.9 Å². The molecule has 1 aliphatic rings. The Morgan fingerprint density at radius 1 is 1.26 bits per heavy atom. The number of aromatic nitrogens is 5. The third-order valence-corrected chi connectivity index (χ3v) is 7.09. The van der Waals surface area contributed by atoms with Crippen molar-refractivity contribution in [2.75, 3.05) is 23.8 Å². The van der Waals surface area contributed by atoms with Crippen molar-refractivity contribution in [1.82, 2.24) is 29.9 Å². The van der Waals surface area contributed by atoms with E-state index in [4.69, 9.17) is 0 Å². The van der Waals surface area contributed by atoms with E-state index in [1.807, 2.05) is 26.0 Å². The SMILES string of the molecule is Cc1cn(CC(=O)N2CCC[C@H]2CO)nc1Nc1ncc(C(=O)Nc2c(C)ccc3[nH]ncc23)s1. The van der Waals surface area contributed by atoms with E-state index in [0.29, 0.717) is 28.1 Å². The lowest BCUT2D eigenvalue weighted by Crippen LogP contribution is -2.39. The number of anilines is 3. The minimum absolute atomic E-state index is 0.0204. The molecule has 1 aliphatic heterocycles. The largest absolute Gasteiger partial charge is 0.394 e. The number of nitrogens with zero attached hydrogens (tertiary/aromatic N) is 5. The first-order chi connectivity index (χ1) is 16.9. The maximum Gasteiger partial charge on any atom is 0.267 e. The molecule has 0 aliphatic carbocycles. The van der Waals surface area contributed by atoms with E-state index >= 15 is 0 Å². The van der Waals surface area contributed by atoms with Gasteiger partial charge in [0.2, 0.25) is 5.91 Å². The highest BCUT2D eigenvalue weighted by Crippen LogP contribution is 2.28. The van der Waals surface area contributed by atoms with Crippen LogP contribution >= 0.6 is 11.3 Å². The number of nitrogens with one attached hydrogen (secondary N) is 3. The van der Waals surface area contributed by atoms with Crippen LogP contribution < -0.4 is 10.6 Å². The number of aliphatic hydroxyl groups is 1. The molecule has 3 aromatic heterocycles. The fraction of sp³-hybridized carbons (Fsp3) is 0.348. The lowest BCUT2D eigenvalue weighted by molar-refractivity contribution is -0.133. The summed E-state index contributed by atoms with van der Waals surface area (Å²) < 4.78 is 1.59. The number of aliphatic hydroxyl groups excluding tert-OH is 1. The normalized spacial score (nSPS) is 15.6. The number of benzene rings is 1. The number of thiazole rings is 1. The molecule has 4 aromatic rings. The van der Waals surface area contributed by atoms with Gasteiger partial charge < -0.3 is 20.6 Å². The smallest absolute Gasteiger partial charge is 0.267 e. The number of carbonyl (C=O) groups is 2. The van der Waals surface area contributed by atoms with Gasteiger partial charge >= 0.3 is 0 Å². The summed E-state index contributed by atoms with van der Waals surface area (Å²) in [6, 6.07) is 3.74. The zero-order valence-corrected chi connectivity index (χ0v) is 20.2. The third kappa shape index (κ3) is 4.62. The molecular formula is C23H26N8O3S. The topological polar surface area (TPSA) is 141 Å². The predicted octanol–water partition coefficient (Wildman–Crippen LogP) is 2.81. The summed E-state index contributed by atoms with van der Waals surface area (Å²) in [6.45, 7) is 4.56. The highest BCUT2D eigenvalue weighted by Gasteiger charge is 2.28. The molecule has 0 saturated carbocycles. The van der Waals surface area contributed by atoms with Crippen molar-refractivity contribution in [3.8, 4) is 0 Å². The minimum atomic E-state index is -0.260. The molecule has 0 bridgehead atoms. The number of carbonyl (C=O) groups excluding carboxylic acids is 2. The molecule has 35 heavy (non-hydrogen) atoms. The molecule has 1 fully saturated rings. The fourth-order valence-electron chi connectivity index (χ4n) is 4.31. The lowest BCUT2D eigenvalue weighted by Gasteiger charge is -2.22. The first-order valence-corrected chi connectivity index (χ1v) is 12.2. The van der Waals surface area contributed by atoms with Crippen LogP contribution in [0.25, 0.3) is 10.9 Å². The van der Waals surface area contributed by atoms with Gasteiger partial charge in [-0.15, -0.1) is 0 Å².